The van der Waals surface area contributed by atoms with E-state index in [1.165, 1.54) is 0 Å². The molecule has 0 aliphatic carbocycles. The number of hydrogen-bond donors (Lipinski definition) is 2. The van der Waals surface area contributed by atoms with Crippen molar-refractivity contribution in [2.75, 3.05) is 20.3 Å². The van der Waals surface area contributed by atoms with Crippen LogP contribution in [0.2, 0.25) is 0 Å². The van der Waals surface area contributed by atoms with Crippen molar-refractivity contribution in [3.8, 4) is 11.5 Å². The lowest BCUT2D eigenvalue weighted by atomic mass is 9.93. The molecule has 1 aliphatic rings. The van der Waals surface area contributed by atoms with Crippen LogP contribution in [0, 0.1) is 5.92 Å². The molecule has 0 aromatic heterocycles. The molecule has 1 saturated heterocycles. The molecule has 0 amide bonds. The van der Waals surface area contributed by atoms with Gasteiger partial charge in [0.25, 0.3) is 0 Å². The van der Waals surface area contributed by atoms with E-state index >= 15 is 0 Å². The van der Waals surface area contributed by atoms with Crippen molar-refractivity contribution in [2.24, 2.45) is 5.92 Å². The minimum absolute atomic E-state index is 0.283. The first-order valence-electron chi connectivity index (χ1n) is 6.87. The summed E-state index contributed by atoms with van der Waals surface area (Å²) >= 11 is 0. The van der Waals surface area contributed by atoms with Crippen LogP contribution >= 0.6 is 0 Å². The van der Waals surface area contributed by atoms with Gasteiger partial charge in [0.05, 0.1) is 7.11 Å². The molecule has 1 unspecified atom stereocenters. The lowest BCUT2D eigenvalue weighted by Gasteiger charge is -2.28. The zero-order valence-corrected chi connectivity index (χ0v) is 11.7. The van der Waals surface area contributed by atoms with Crippen molar-refractivity contribution in [3.63, 3.8) is 0 Å². The number of ether oxygens (including phenoxy) is 2. The molecule has 0 bridgehead atoms. The number of nitrogens with one attached hydrogen (secondary N) is 1. The molecule has 1 aliphatic heterocycles. The molecule has 0 radical (unpaired) electrons. The van der Waals surface area contributed by atoms with Gasteiger partial charge in [-0.3, -0.25) is 0 Å². The number of rotatable bonds is 5. The van der Waals surface area contributed by atoms with Crippen LogP contribution in [0.3, 0.4) is 0 Å². The standard InChI is InChI=1S/C15H23NO3/c1-11(12-5-7-19-8-6-12)16-10-13-3-4-14(18-2)9-15(13)17/h3-4,9,11-12,16-17H,5-8,10H2,1-2H3. The van der Waals surface area contributed by atoms with Crippen LogP contribution in [-0.2, 0) is 11.3 Å². The van der Waals surface area contributed by atoms with E-state index < -0.39 is 0 Å². The lowest BCUT2D eigenvalue weighted by Crippen LogP contribution is -2.36. The average Bonchev–Trinajstić information content (AvgIpc) is 2.46. The maximum atomic E-state index is 9.91. The first-order valence-corrected chi connectivity index (χ1v) is 6.87. The van der Waals surface area contributed by atoms with Gasteiger partial charge < -0.3 is 19.9 Å². The topological polar surface area (TPSA) is 50.7 Å². The fraction of sp³-hybridized carbons (Fsp3) is 0.600. The highest BCUT2D eigenvalue weighted by atomic mass is 16.5. The Morgan fingerprint density at radius 3 is 2.79 bits per heavy atom. The van der Waals surface area contributed by atoms with Gasteiger partial charge in [-0.05, 0) is 31.7 Å². The van der Waals surface area contributed by atoms with Gasteiger partial charge in [0.15, 0.2) is 0 Å². The molecule has 1 aromatic carbocycles. The van der Waals surface area contributed by atoms with Crippen molar-refractivity contribution in [1.29, 1.82) is 0 Å². The van der Waals surface area contributed by atoms with Crippen LogP contribution in [-0.4, -0.2) is 31.5 Å². The summed E-state index contributed by atoms with van der Waals surface area (Å²) in [5.41, 5.74) is 0.903. The van der Waals surface area contributed by atoms with Gasteiger partial charge in [-0.25, -0.2) is 0 Å². The Morgan fingerprint density at radius 2 is 2.16 bits per heavy atom. The lowest BCUT2D eigenvalue weighted by molar-refractivity contribution is 0.0557. The van der Waals surface area contributed by atoms with Gasteiger partial charge in [0, 0.05) is 37.4 Å². The molecule has 1 fully saturated rings. The first-order chi connectivity index (χ1) is 9.20. The third-order valence-corrected chi connectivity index (χ3v) is 3.88. The molecule has 0 spiro atoms. The maximum Gasteiger partial charge on any atom is 0.123 e. The molecule has 106 valence electrons. The van der Waals surface area contributed by atoms with E-state index in [9.17, 15) is 5.11 Å². The minimum atomic E-state index is 0.283. The quantitative estimate of drug-likeness (QED) is 0.857. The number of benzene rings is 1. The molecular formula is C15H23NO3. The summed E-state index contributed by atoms with van der Waals surface area (Å²) in [5, 5.41) is 13.4. The van der Waals surface area contributed by atoms with Gasteiger partial charge >= 0.3 is 0 Å². The summed E-state index contributed by atoms with van der Waals surface area (Å²) in [6, 6.07) is 5.86. The van der Waals surface area contributed by atoms with Crippen molar-refractivity contribution in [2.45, 2.75) is 32.4 Å². The smallest absolute Gasteiger partial charge is 0.123 e. The van der Waals surface area contributed by atoms with Crippen molar-refractivity contribution in [1.82, 2.24) is 5.32 Å². The number of methoxy groups -OCH3 is 1. The Labute approximate surface area is 114 Å². The highest BCUT2D eigenvalue weighted by Crippen LogP contribution is 2.24. The zero-order valence-electron chi connectivity index (χ0n) is 11.7. The van der Waals surface area contributed by atoms with E-state index in [0.29, 0.717) is 24.3 Å². The Kier molecular flexibility index (Phi) is 5.05. The molecule has 2 N–H and O–H groups in total. The summed E-state index contributed by atoms with van der Waals surface area (Å²) < 4.78 is 10.5. The predicted molar refractivity (Wildman–Crippen MR) is 74.5 cm³/mol. The molecule has 4 nitrogen and oxygen atoms in total. The molecule has 1 atom stereocenters. The highest BCUT2D eigenvalue weighted by molar-refractivity contribution is 5.39. The molecule has 2 rings (SSSR count). The predicted octanol–water partition coefficient (Wildman–Crippen LogP) is 2.31. The van der Waals surface area contributed by atoms with Crippen LogP contribution < -0.4 is 10.1 Å². The van der Waals surface area contributed by atoms with E-state index in [-0.39, 0.29) is 5.75 Å². The Bertz CT molecular complexity index is 402. The van der Waals surface area contributed by atoms with Crippen LogP contribution in [0.15, 0.2) is 18.2 Å². The van der Waals surface area contributed by atoms with E-state index in [1.54, 1.807) is 13.2 Å². The fourth-order valence-corrected chi connectivity index (χ4v) is 2.47. The summed E-state index contributed by atoms with van der Waals surface area (Å²) in [6.45, 7) is 4.61. The second-order valence-corrected chi connectivity index (χ2v) is 5.11. The first kappa shape index (κ1) is 14.2. The van der Waals surface area contributed by atoms with Crippen molar-refractivity contribution in [3.05, 3.63) is 23.8 Å². The monoisotopic (exact) mass is 265 g/mol. The summed E-state index contributed by atoms with van der Waals surface area (Å²) in [6.07, 6.45) is 2.23. The Morgan fingerprint density at radius 1 is 1.42 bits per heavy atom. The molecular weight excluding hydrogens is 242 g/mol. The molecule has 1 aromatic rings. The Balaban J connectivity index is 1.87. The molecule has 1 heterocycles. The minimum Gasteiger partial charge on any atom is -0.507 e. The van der Waals surface area contributed by atoms with Crippen LogP contribution in [0.5, 0.6) is 11.5 Å². The SMILES string of the molecule is COc1ccc(CNC(C)C2CCOCC2)c(O)c1. The van der Waals surface area contributed by atoms with Gasteiger partial charge in [0.2, 0.25) is 0 Å². The van der Waals surface area contributed by atoms with E-state index in [2.05, 4.69) is 12.2 Å². The summed E-state index contributed by atoms with van der Waals surface area (Å²) in [5.74, 6) is 1.62. The van der Waals surface area contributed by atoms with Crippen molar-refractivity contribution >= 4 is 0 Å². The third-order valence-electron chi connectivity index (χ3n) is 3.88. The van der Waals surface area contributed by atoms with Gasteiger partial charge in [-0.1, -0.05) is 6.07 Å². The van der Waals surface area contributed by atoms with E-state index in [0.717, 1.165) is 31.6 Å². The number of hydrogen-bond acceptors (Lipinski definition) is 4. The Hall–Kier alpha value is -1.26. The zero-order chi connectivity index (χ0) is 13.7. The molecule has 19 heavy (non-hydrogen) atoms. The summed E-state index contributed by atoms with van der Waals surface area (Å²) in [4.78, 5) is 0. The number of aromatic hydroxyl groups is 1. The normalized spacial score (nSPS) is 18.2. The van der Waals surface area contributed by atoms with Gasteiger partial charge in [-0.2, -0.15) is 0 Å². The number of phenols is 1. The maximum absolute atomic E-state index is 9.91. The highest BCUT2D eigenvalue weighted by Gasteiger charge is 2.20. The van der Waals surface area contributed by atoms with Crippen LogP contribution in [0.25, 0.3) is 0 Å². The third kappa shape index (κ3) is 3.85. The molecule has 0 saturated carbocycles. The average molecular weight is 265 g/mol. The molecule has 4 heteroatoms. The van der Waals surface area contributed by atoms with Gasteiger partial charge in [0.1, 0.15) is 11.5 Å². The van der Waals surface area contributed by atoms with Crippen LogP contribution in [0.1, 0.15) is 25.3 Å². The van der Waals surface area contributed by atoms with Gasteiger partial charge in [-0.15, -0.1) is 0 Å². The van der Waals surface area contributed by atoms with E-state index in [4.69, 9.17) is 9.47 Å². The largest absolute Gasteiger partial charge is 0.507 e. The second kappa shape index (κ2) is 6.78. The second-order valence-electron chi connectivity index (χ2n) is 5.11. The summed E-state index contributed by atoms with van der Waals surface area (Å²) in [7, 11) is 1.60. The van der Waals surface area contributed by atoms with Crippen molar-refractivity contribution < 1.29 is 14.6 Å². The number of phenolic OH excluding ortho intramolecular Hbond substituents is 1. The van der Waals surface area contributed by atoms with E-state index in [1.807, 2.05) is 12.1 Å². The van der Waals surface area contributed by atoms with Crippen LogP contribution in [0.4, 0.5) is 0 Å². The fourth-order valence-electron chi connectivity index (χ4n) is 2.47.